The first-order valence-corrected chi connectivity index (χ1v) is 8.83. The Morgan fingerprint density at radius 3 is 2.61 bits per heavy atom. The lowest BCUT2D eigenvalue weighted by molar-refractivity contribution is -0.129. The van der Waals surface area contributed by atoms with Crippen LogP contribution in [0.4, 0.5) is 4.39 Å². The van der Waals surface area contributed by atoms with E-state index in [4.69, 9.17) is 5.73 Å². The molecule has 1 aliphatic heterocycles. The van der Waals surface area contributed by atoms with Gasteiger partial charge in [0.15, 0.2) is 11.5 Å². The minimum atomic E-state index is -1.33. The van der Waals surface area contributed by atoms with Crippen molar-refractivity contribution >= 4 is 11.9 Å². The Balaban J connectivity index is 1.92. The van der Waals surface area contributed by atoms with Crippen LogP contribution in [0.1, 0.15) is 18.1 Å². The largest absolute Gasteiger partial charge is 0.369 e. The first-order valence-electron chi connectivity index (χ1n) is 8.83. The molecule has 2 aromatic heterocycles. The predicted octanol–water partition coefficient (Wildman–Crippen LogP) is 2.13. The van der Waals surface area contributed by atoms with Gasteiger partial charge in [0.05, 0.1) is 12.4 Å². The summed E-state index contributed by atoms with van der Waals surface area (Å²) in [6, 6.07) is 8.66. The SMILES string of the molecule is CCn1cc(C2(c3cccc(-c4cncc(F)c4)c3)N=C(N)N(C)C2=O)cn1. The Kier molecular flexibility index (Phi) is 4.18. The molecule has 142 valence electrons. The van der Waals surface area contributed by atoms with E-state index in [1.807, 2.05) is 25.1 Å². The molecule has 0 fully saturated rings. The molecule has 0 saturated heterocycles. The molecule has 2 N–H and O–H groups in total. The molecule has 1 aliphatic rings. The maximum absolute atomic E-state index is 13.6. The van der Waals surface area contributed by atoms with Crippen LogP contribution in [0.5, 0.6) is 0 Å². The lowest BCUT2D eigenvalue weighted by atomic mass is 9.83. The second-order valence-corrected chi connectivity index (χ2v) is 6.60. The normalized spacial score (nSPS) is 19.2. The monoisotopic (exact) mass is 378 g/mol. The van der Waals surface area contributed by atoms with Gasteiger partial charge in [0.25, 0.3) is 5.91 Å². The molecule has 1 atom stereocenters. The van der Waals surface area contributed by atoms with Crippen LogP contribution in [-0.2, 0) is 16.9 Å². The molecule has 0 saturated carbocycles. The number of amides is 1. The summed E-state index contributed by atoms with van der Waals surface area (Å²) in [5.74, 6) is -0.567. The summed E-state index contributed by atoms with van der Waals surface area (Å²) < 4.78 is 15.4. The summed E-state index contributed by atoms with van der Waals surface area (Å²) in [4.78, 5) is 23.0. The van der Waals surface area contributed by atoms with E-state index in [1.165, 1.54) is 11.0 Å². The number of aliphatic imine (C=N–C) groups is 1. The average Bonchev–Trinajstić information content (AvgIpc) is 3.28. The van der Waals surface area contributed by atoms with Gasteiger partial charge in [0.1, 0.15) is 5.82 Å². The van der Waals surface area contributed by atoms with Crippen LogP contribution in [0, 0.1) is 5.82 Å². The van der Waals surface area contributed by atoms with Gasteiger partial charge >= 0.3 is 0 Å². The number of rotatable bonds is 4. The number of carbonyl (C=O) groups is 1. The molecule has 0 spiro atoms. The summed E-state index contributed by atoms with van der Waals surface area (Å²) in [6.45, 7) is 2.62. The van der Waals surface area contributed by atoms with E-state index in [0.717, 1.165) is 11.8 Å². The van der Waals surface area contributed by atoms with E-state index in [1.54, 1.807) is 36.4 Å². The van der Waals surface area contributed by atoms with E-state index in [0.29, 0.717) is 23.2 Å². The van der Waals surface area contributed by atoms with Gasteiger partial charge in [-0.1, -0.05) is 18.2 Å². The fraction of sp³-hybridized carbons (Fsp3) is 0.200. The summed E-state index contributed by atoms with van der Waals surface area (Å²) in [5, 5.41) is 4.30. The first-order chi connectivity index (χ1) is 13.5. The van der Waals surface area contributed by atoms with Gasteiger partial charge < -0.3 is 5.73 Å². The van der Waals surface area contributed by atoms with Crippen molar-refractivity contribution in [3.63, 3.8) is 0 Å². The molecule has 0 radical (unpaired) electrons. The van der Waals surface area contributed by atoms with Gasteiger partial charge in [0, 0.05) is 37.1 Å². The lowest BCUT2D eigenvalue weighted by Crippen LogP contribution is -2.41. The molecular formula is C20H19FN6O. The standard InChI is InChI=1S/C20H19FN6O/c1-3-27-12-16(10-24-27)20(18(28)26(2)19(22)25-20)15-6-4-5-13(7-15)14-8-17(21)11-23-9-14/h4-12H,3H2,1-2H3,(H2,22,25). The minimum absolute atomic E-state index is 0.132. The number of carbonyl (C=O) groups excluding carboxylic acids is 1. The molecule has 3 aromatic rings. The van der Waals surface area contributed by atoms with E-state index in [-0.39, 0.29) is 11.9 Å². The van der Waals surface area contributed by atoms with Crippen LogP contribution in [0.2, 0.25) is 0 Å². The fourth-order valence-corrected chi connectivity index (χ4v) is 3.40. The third-order valence-corrected chi connectivity index (χ3v) is 4.93. The first kappa shape index (κ1) is 17.8. The highest BCUT2D eigenvalue weighted by Gasteiger charge is 2.50. The highest BCUT2D eigenvalue weighted by molar-refractivity contribution is 6.08. The van der Waals surface area contributed by atoms with E-state index >= 15 is 0 Å². The van der Waals surface area contributed by atoms with Crippen molar-refractivity contribution in [2.24, 2.45) is 10.7 Å². The number of nitrogens with two attached hydrogens (primary N) is 1. The van der Waals surface area contributed by atoms with Crippen molar-refractivity contribution in [2.45, 2.75) is 19.0 Å². The number of aromatic nitrogens is 3. The predicted molar refractivity (Wildman–Crippen MR) is 103 cm³/mol. The van der Waals surface area contributed by atoms with E-state index < -0.39 is 11.4 Å². The Morgan fingerprint density at radius 2 is 1.96 bits per heavy atom. The molecule has 3 heterocycles. The third kappa shape index (κ3) is 2.65. The lowest BCUT2D eigenvalue weighted by Gasteiger charge is -2.25. The van der Waals surface area contributed by atoms with Gasteiger partial charge in [-0.3, -0.25) is 19.4 Å². The summed E-state index contributed by atoms with van der Waals surface area (Å²) in [6.07, 6.45) is 6.15. The molecule has 1 unspecified atom stereocenters. The maximum Gasteiger partial charge on any atom is 0.266 e. The second-order valence-electron chi connectivity index (χ2n) is 6.60. The number of likely N-dealkylation sites (N-methyl/N-ethyl adjacent to an activating group) is 1. The topological polar surface area (TPSA) is 89.4 Å². The molecule has 0 bridgehead atoms. The van der Waals surface area contributed by atoms with Crippen molar-refractivity contribution in [1.82, 2.24) is 19.7 Å². The molecule has 28 heavy (non-hydrogen) atoms. The van der Waals surface area contributed by atoms with Gasteiger partial charge in [-0.2, -0.15) is 5.10 Å². The summed E-state index contributed by atoms with van der Waals surface area (Å²) >= 11 is 0. The van der Waals surface area contributed by atoms with Crippen molar-refractivity contribution in [3.8, 4) is 11.1 Å². The van der Waals surface area contributed by atoms with Crippen LogP contribution in [0.15, 0.2) is 60.1 Å². The molecule has 4 rings (SSSR count). The maximum atomic E-state index is 13.6. The smallest absolute Gasteiger partial charge is 0.266 e. The van der Waals surface area contributed by atoms with Crippen LogP contribution >= 0.6 is 0 Å². The van der Waals surface area contributed by atoms with Crippen molar-refractivity contribution in [1.29, 1.82) is 0 Å². The number of nitrogens with zero attached hydrogens (tertiary/aromatic N) is 5. The Labute approximate surface area is 161 Å². The van der Waals surface area contributed by atoms with Gasteiger partial charge in [0.2, 0.25) is 0 Å². The molecule has 1 amide bonds. The van der Waals surface area contributed by atoms with Crippen molar-refractivity contribution in [3.05, 3.63) is 72.1 Å². The fourth-order valence-electron chi connectivity index (χ4n) is 3.40. The van der Waals surface area contributed by atoms with E-state index in [2.05, 4.69) is 15.1 Å². The summed E-state index contributed by atoms with van der Waals surface area (Å²) in [7, 11) is 1.59. The number of hydrogen-bond donors (Lipinski definition) is 1. The molecule has 7 nitrogen and oxygen atoms in total. The van der Waals surface area contributed by atoms with Gasteiger partial charge in [-0.25, -0.2) is 9.38 Å². The third-order valence-electron chi connectivity index (χ3n) is 4.93. The highest BCUT2D eigenvalue weighted by atomic mass is 19.1. The highest BCUT2D eigenvalue weighted by Crippen LogP contribution is 2.40. The molecule has 8 heteroatoms. The summed E-state index contributed by atoms with van der Waals surface area (Å²) in [5.41, 5.74) is 7.25. The number of aryl methyl sites for hydroxylation is 1. The number of pyridine rings is 1. The van der Waals surface area contributed by atoms with Crippen molar-refractivity contribution in [2.75, 3.05) is 7.05 Å². The van der Waals surface area contributed by atoms with Crippen molar-refractivity contribution < 1.29 is 9.18 Å². The van der Waals surface area contributed by atoms with Gasteiger partial charge in [-0.05, 0) is 30.2 Å². The quantitative estimate of drug-likeness (QED) is 0.753. The van der Waals surface area contributed by atoms with Crippen LogP contribution in [-0.4, -0.2) is 38.6 Å². The zero-order chi connectivity index (χ0) is 19.9. The number of benzene rings is 1. The average molecular weight is 378 g/mol. The Bertz CT molecular complexity index is 1090. The van der Waals surface area contributed by atoms with Crippen LogP contribution < -0.4 is 5.73 Å². The minimum Gasteiger partial charge on any atom is -0.369 e. The molecule has 0 aliphatic carbocycles. The number of halogens is 1. The molecule has 1 aromatic carbocycles. The van der Waals surface area contributed by atoms with E-state index in [9.17, 15) is 9.18 Å². The van der Waals surface area contributed by atoms with Gasteiger partial charge in [-0.15, -0.1) is 0 Å². The zero-order valence-electron chi connectivity index (χ0n) is 15.5. The molecular weight excluding hydrogens is 359 g/mol. The Hall–Kier alpha value is -3.55. The number of hydrogen-bond acceptors (Lipinski definition) is 5. The van der Waals surface area contributed by atoms with Crippen LogP contribution in [0.3, 0.4) is 0 Å². The second kappa shape index (κ2) is 6.56. The zero-order valence-corrected chi connectivity index (χ0v) is 15.5. The Morgan fingerprint density at radius 1 is 1.14 bits per heavy atom. The number of guanidine groups is 1. The van der Waals surface area contributed by atoms with Crippen LogP contribution in [0.25, 0.3) is 11.1 Å².